The monoisotopic (exact) mass is 405 g/mol. The molecule has 8 heteroatoms. The van der Waals surface area contributed by atoms with E-state index < -0.39 is 29.6 Å². The lowest BCUT2D eigenvalue weighted by molar-refractivity contribution is -0.177. The predicted octanol–water partition coefficient (Wildman–Crippen LogP) is 1.20. The van der Waals surface area contributed by atoms with Crippen LogP contribution < -0.4 is 10.9 Å². The largest absolute Gasteiger partial charge is 0.443 e. The molecule has 0 unspecified atom stereocenters. The topological polar surface area (TPSA) is 111 Å². The minimum Gasteiger partial charge on any atom is -0.443 e. The third-order valence-corrected chi connectivity index (χ3v) is 5.91. The molecule has 2 aliphatic heterocycles. The number of amides is 1. The Morgan fingerprint density at radius 1 is 1.23 bits per heavy atom. The number of esters is 1. The number of carbonyl (C=O) groups is 2. The molecule has 0 radical (unpaired) electrons. The van der Waals surface area contributed by atoms with Crippen LogP contribution in [-0.2, 0) is 33.1 Å². The lowest BCUT2D eigenvalue weighted by atomic mass is 9.85. The van der Waals surface area contributed by atoms with Gasteiger partial charge in [0.25, 0.3) is 11.5 Å². The Hall–Kier alpha value is -3.52. The molecule has 1 aromatic carbocycles. The minimum atomic E-state index is -1.66. The molecule has 2 aliphatic rings. The van der Waals surface area contributed by atoms with Crippen LogP contribution in [0.25, 0.3) is 22.3 Å². The number of morpholine rings is 1. The van der Waals surface area contributed by atoms with E-state index in [4.69, 9.17) is 9.72 Å². The highest BCUT2D eigenvalue weighted by atomic mass is 16.6. The van der Waals surface area contributed by atoms with Crippen LogP contribution in [0.15, 0.2) is 41.2 Å². The lowest BCUT2D eigenvalue weighted by Gasteiger charge is -2.36. The Morgan fingerprint density at radius 3 is 2.80 bits per heavy atom. The van der Waals surface area contributed by atoms with Gasteiger partial charge in [0.2, 0.25) is 5.60 Å². The van der Waals surface area contributed by atoms with Crippen molar-refractivity contribution >= 4 is 22.8 Å². The van der Waals surface area contributed by atoms with Crippen LogP contribution in [0.4, 0.5) is 0 Å². The Labute approximate surface area is 171 Å². The third-order valence-electron chi connectivity index (χ3n) is 5.91. The summed E-state index contributed by atoms with van der Waals surface area (Å²) in [6, 6.07) is 11.3. The van der Waals surface area contributed by atoms with Gasteiger partial charge >= 0.3 is 5.97 Å². The molecule has 2 N–H and O–H groups in total. The average Bonchev–Trinajstić information content (AvgIpc) is 3.11. The molecule has 152 valence electrons. The fourth-order valence-corrected chi connectivity index (χ4v) is 4.40. The summed E-state index contributed by atoms with van der Waals surface area (Å²) < 4.78 is 7.05. The zero-order chi connectivity index (χ0) is 21.0. The summed E-state index contributed by atoms with van der Waals surface area (Å²) in [5, 5.41) is 13.5. The van der Waals surface area contributed by atoms with Gasteiger partial charge in [-0.1, -0.05) is 25.1 Å². The van der Waals surface area contributed by atoms with E-state index in [1.165, 1.54) is 4.57 Å². The standard InChI is InChI=1S/C22H19N3O5/c1-2-22(21(29)23-9-18(27)30-22)15-8-17-19-13(10-25(17)20(28)14(15)11-26)7-12-5-3-4-6-16(12)24-19/h3-8,26H,2,9-11H2,1H3,(H,23,29)/t22-/m0/s1. The lowest BCUT2D eigenvalue weighted by Crippen LogP contribution is -2.55. The summed E-state index contributed by atoms with van der Waals surface area (Å²) in [5.74, 6) is -1.10. The van der Waals surface area contributed by atoms with E-state index in [9.17, 15) is 19.5 Å². The van der Waals surface area contributed by atoms with Gasteiger partial charge in [-0.3, -0.25) is 14.4 Å². The van der Waals surface area contributed by atoms with Gasteiger partial charge in [0.15, 0.2) is 0 Å². The predicted molar refractivity (Wildman–Crippen MR) is 108 cm³/mol. The summed E-state index contributed by atoms with van der Waals surface area (Å²) in [4.78, 5) is 42.8. The number of aliphatic hydroxyl groups is 1. The fraction of sp³-hybridized carbons (Fsp3) is 0.273. The number of aliphatic hydroxyl groups excluding tert-OH is 1. The number of ether oxygens (including phenoxy) is 1. The number of rotatable bonds is 3. The Bertz CT molecular complexity index is 1300. The van der Waals surface area contributed by atoms with E-state index >= 15 is 0 Å². The number of nitrogens with one attached hydrogen (secondary N) is 1. The van der Waals surface area contributed by atoms with Crippen LogP contribution in [0.2, 0.25) is 0 Å². The SMILES string of the molecule is CC[C@@]1(c2cc3n(c(=O)c2CO)Cc2cc4ccccc4nc2-3)OC(=O)CNC1=O. The normalized spacial score (nSPS) is 19.9. The van der Waals surface area contributed by atoms with Crippen molar-refractivity contribution in [2.24, 2.45) is 0 Å². The van der Waals surface area contributed by atoms with Crippen molar-refractivity contribution in [1.29, 1.82) is 0 Å². The molecule has 0 aliphatic carbocycles. The van der Waals surface area contributed by atoms with Gasteiger partial charge in [0.1, 0.15) is 6.54 Å². The number of aromatic nitrogens is 2. The molecule has 8 nitrogen and oxygen atoms in total. The second-order valence-corrected chi connectivity index (χ2v) is 7.50. The number of pyridine rings is 2. The number of cyclic esters (lactones) is 1. The quantitative estimate of drug-likeness (QED) is 0.496. The average molecular weight is 405 g/mol. The molecule has 0 spiro atoms. The van der Waals surface area contributed by atoms with E-state index in [1.807, 2.05) is 30.3 Å². The Morgan fingerprint density at radius 2 is 2.03 bits per heavy atom. The molecule has 5 rings (SSSR count). The summed E-state index contributed by atoms with van der Waals surface area (Å²) in [7, 11) is 0. The summed E-state index contributed by atoms with van der Waals surface area (Å²) in [5.41, 5.74) is 1.01. The fourth-order valence-electron chi connectivity index (χ4n) is 4.40. The highest BCUT2D eigenvalue weighted by molar-refractivity contribution is 5.95. The zero-order valence-corrected chi connectivity index (χ0v) is 16.3. The van der Waals surface area contributed by atoms with E-state index in [1.54, 1.807) is 13.0 Å². The van der Waals surface area contributed by atoms with Crippen LogP contribution in [0.1, 0.15) is 30.0 Å². The second-order valence-electron chi connectivity index (χ2n) is 7.50. The Balaban J connectivity index is 1.79. The van der Waals surface area contributed by atoms with E-state index in [-0.39, 0.29) is 24.1 Å². The van der Waals surface area contributed by atoms with Crippen molar-refractivity contribution in [2.45, 2.75) is 32.1 Å². The van der Waals surface area contributed by atoms with E-state index in [2.05, 4.69) is 5.32 Å². The molecule has 0 saturated carbocycles. The maximum Gasteiger partial charge on any atom is 0.326 e. The van der Waals surface area contributed by atoms with Gasteiger partial charge in [0, 0.05) is 16.5 Å². The molecule has 30 heavy (non-hydrogen) atoms. The van der Waals surface area contributed by atoms with Gasteiger partial charge in [-0.25, -0.2) is 4.98 Å². The molecule has 1 amide bonds. The number of nitrogens with zero attached hydrogens (tertiary/aromatic N) is 2. The first-order valence-electron chi connectivity index (χ1n) is 9.75. The summed E-state index contributed by atoms with van der Waals surface area (Å²) in [6.07, 6.45) is 0.123. The van der Waals surface area contributed by atoms with E-state index in [0.717, 1.165) is 16.5 Å². The first-order valence-corrected chi connectivity index (χ1v) is 9.75. The van der Waals surface area contributed by atoms with Crippen LogP contribution in [-0.4, -0.2) is 33.1 Å². The van der Waals surface area contributed by atoms with Crippen molar-refractivity contribution in [2.75, 3.05) is 6.54 Å². The first-order chi connectivity index (χ1) is 14.5. The summed E-state index contributed by atoms with van der Waals surface area (Å²) >= 11 is 0. The van der Waals surface area contributed by atoms with Crippen LogP contribution in [0.3, 0.4) is 0 Å². The van der Waals surface area contributed by atoms with Crippen molar-refractivity contribution < 1.29 is 19.4 Å². The van der Waals surface area contributed by atoms with Crippen molar-refractivity contribution in [3.8, 4) is 11.4 Å². The number of fused-ring (bicyclic) bond motifs is 4. The molecular formula is C22H19N3O5. The van der Waals surface area contributed by atoms with Gasteiger partial charge in [-0.2, -0.15) is 0 Å². The van der Waals surface area contributed by atoms with Crippen LogP contribution in [0, 0.1) is 0 Å². The second kappa shape index (κ2) is 6.50. The first kappa shape index (κ1) is 18.5. The Kier molecular flexibility index (Phi) is 4.01. The number of hydrogen-bond donors (Lipinski definition) is 2. The maximum absolute atomic E-state index is 13.3. The maximum atomic E-state index is 13.3. The highest BCUT2D eigenvalue weighted by Gasteiger charge is 2.48. The highest BCUT2D eigenvalue weighted by Crippen LogP contribution is 2.38. The molecule has 3 aromatic rings. The molecule has 2 aromatic heterocycles. The van der Waals surface area contributed by atoms with E-state index in [0.29, 0.717) is 17.9 Å². The van der Waals surface area contributed by atoms with Crippen molar-refractivity contribution in [1.82, 2.24) is 14.9 Å². The van der Waals surface area contributed by atoms with Crippen LogP contribution >= 0.6 is 0 Å². The number of benzene rings is 1. The zero-order valence-electron chi connectivity index (χ0n) is 16.3. The van der Waals surface area contributed by atoms with Crippen molar-refractivity contribution in [3.05, 3.63) is 63.4 Å². The van der Waals surface area contributed by atoms with Gasteiger partial charge in [0.05, 0.1) is 35.6 Å². The minimum absolute atomic E-state index is 0.0443. The van der Waals surface area contributed by atoms with Crippen LogP contribution in [0.5, 0.6) is 0 Å². The molecule has 4 heterocycles. The molecule has 1 atom stereocenters. The molecule has 1 saturated heterocycles. The smallest absolute Gasteiger partial charge is 0.326 e. The van der Waals surface area contributed by atoms with Gasteiger partial charge in [-0.15, -0.1) is 0 Å². The van der Waals surface area contributed by atoms with Gasteiger partial charge in [-0.05, 0) is 24.6 Å². The number of hydrogen-bond acceptors (Lipinski definition) is 6. The molecule has 0 bridgehead atoms. The summed E-state index contributed by atoms with van der Waals surface area (Å²) in [6.45, 7) is 1.21. The third kappa shape index (κ3) is 2.43. The number of carbonyl (C=O) groups excluding carboxylic acids is 2. The molecular weight excluding hydrogens is 386 g/mol. The van der Waals surface area contributed by atoms with Crippen molar-refractivity contribution in [3.63, 3.8) is 0 Å². The number of para-hydroxylation sites is 1. The molecule has 1 fully saturated rings. The van der Waals surface area contributed by atoms with Gasteiger partial charge < -0.3 is 19.7 Å².